The van der Waals surface area contributed by atoms with Gasteiger partial charge in [0.1, 0.15) is 0 Å². The van der Waals surface area contributed by atoms with E-state index in [1.165, 1.54) is 12.1 Å². The zero-order valence-corrected chi connectivity index (χ0v) is 6.23. The summed E-state index contributed by atoms with van der Waals surface area (Å²) in [6.45, 7) is 2.19. The van der Waals surface area contributed by atoms with Gasteiger partial charge in [0.25, 0.3) is 0 Å². The average Bonchev–Trinajstić information content (AvgIpc) is 1.99. The van der Waals surface area contributed by atoms with Crippen molar-refractivity contribution >= 4 is 5.69 Å². The number of nitrogens with one attached hydrogen (secondary N) is 1. The summed E-state index contributed by atoms with van der Waals surface area (Å²) in [4.78, 5) is 0. The van der Waals surface area contributed by atoms with Crippen molar-refractivity contribution in [2.24, 2.45) is 0 Å². The molecule has 11 heavy (non-hydrogen) atoms. The van der Waals surface area contributed by atoms with E-state index in [0.29, 0.717) is 6.61 Å². The van der Waals surface area contributed by atoms with Crippen LogP contribution in [0.5, 0.6) is 5.75 Å². The predicted molar refractivity (Wildman–Crippen MR) is 40.3 cm³/mol. The predicted octanol–water partition coefficient (Wildman–Crippen LogP) is 2.14. The maximum Gasteiger partial charge on any atom is 0.189 e. The molecule has 0 saturated carbocycles. The Morgan fingerprint density at radius 1 is 1.55 bits per heavy atom. The van der Waals surface area contributed by atoms with Gasteiger partial charge in [-0.3, -0.25) is 5.73 Å². The summed E-state index contributed by atoms with van der Waals surface area (Å²) in [5, 5.41) is 0. The first-order valence-corrected chi connectivity index (χ1v) is 3.38. The van der Waals surface area contributed by atoms with Crippen molar-refractivity contribution < 1.29 is 9.13 Å². The van der Waals surface area contributed by atoms with Gasteiger partial charge in [0.05, 0.1) is 12.3 Å². The third-order valence-electron chi connectivity index (χ3n) is 1.26. The van der Waals surface area contributed by atoms with Crippen LogP contribution in [0.25, 0.3) is 0 Å². The Bertz CT molecular complexity index is 250. The first kappa shape index (κ1) is 7.85. The van der Waals surface area contributed by atoms with E-state index in [9.17, 15) is 4.39 Å². The van der Waals surface area contributed by atoms with Crippen molar-refractivity contribution in [1.29, 1.82) is 0 Å². The quantitative estimate of drug-likeness (QED) is 0.642. The van der Waals surface area contributed by atoms with E-state index in [1.54, 1.807) is 13.0 Å². The third-order valence-corrected chi connectivity index (χ3v) is 1.26. The summed E-state index contributed by atoms with van der Waals surface area (Å²) in [7, 11) is 0. The number of ether oxygens (including phenoxy) is 1. The fraction of sp³-hybridized carbons (Fsp3) is 0.250. The molecule has 1 rings (SSSR count). The van der Waals surface area contributed by atoms with Crippen LogP contribution in [-0.4, -0.2) is 6.61 Å². The number of halogens is 1. The average molecular weight is 154 g/mol. The fourth-order valence-electron chi connectivity index (χ4n) is 0.778. The highest BCUT2D eigenvalue weighted by molar-refractivity contribution is 5.42. The van der Waals surface area contributed by atoms with E-state index in [0.717, 1.165) is 0 Å². The molecule has 1 N–H and O–H groups in total. The van der Waals surface area contributed by atoms with Crippen molar-refractivity contribution in [3.8, 4) is 5.75 Å². The molecule has 3 heteroatoms. The van der Waals surface area contributed by atoms with Crippen LogP contribution in [0.2, 0.25) is 0 Å². The van der Waals surface area contributed by atoms with E-state index in [-0.39, 0.29) is 11.4 Å². The zero-order valence-electron chi connectivity index (χ0n) is 6.23. The Balaban J connectivity index is 2.96. The Morgan fingerprint density at radius 2 is 2.27 bits per heavy atom. The minimum absolute atomic E-state index is 0.129. The van der Waals surface area contributed by atoms with Gasteiger partial charge < -0.3 is 4.74 Å². The highest BCUT2D eigenvalue weighted by Gasteiger charge is 2.04. The third kappa shape index (κ3) is 1.61. The lowest BCUT2D eigenvalue weighted by Gasteiger charge is -2.04. The Hall–Kier alpha value is -1.25. The lowest BCUT2D eigenvalue weighted by Crippen LogP contribution is -1.94. The van der Waals surface area contributed by atoms with Crippen LogP contribution < -0.4 is 10.5 Å². The molecule has 0 amide bonds. The van der Waals surface area contributed by atoms with Gasteiger partial charge in [0.15, 0.2) is 11.6 Å². The standard InChI is InChI=1S/C8H9FNO/c1-2-11-7-5-3-4-6(10)8(7)9/h3-5,10H,2H2,1H3. The Kier molecular flexibility index (Phi) is 2.31. The first-order chi connectivity index (χ1) is 5.25. The van der Waals surface area contributed by atoms with Gasteiger partial charge in [-0.25, -0.2) is 4.39 Å². The summed E-state index contributed by atoms with van der Waals surface area (Å²) in [5.74, 6) is -0.436. The van der Waals surface area contributed by atoms with E-state index < -0.39 is 5.82 Å². The van der Waals surface area contributed by atoms with E-state index in [2.05, 4.69) is 0 Å². The molecular weight excluding hydrogens is 145 g/mol. The molecule has 0 atom stereocenters. The highest BCUT2D eigenvalue weighted by atomic mass is 19.1. The Labute approximate surface area is 64.8 Å². The highest BCUT2D eigenvalue weighted by Crippen LogP contribution is 2.22. The van der Waals surface area contributed by atoms with Crippen molar-refractivity contribution in [1.82, 2.24) is 5.73 Å². The second-order valence-corrected chi connectivity index (χ2v) is 2.05. The normalized spacial score (nSPS) is 9.64. The maximum atomic E-state index is 12.9. The van der Waals surface area contributed by atoms with Crippen molar-refractivity contribution in [3.63, 3.8) is 0 Å². The lowest BCUT2D eigenvalue weighted by molar-refractivity contribution is 0.322. The number of benzene rings is 1. The van der Waals surface area contributed by atoms with Crippen LogP contribution in [0.15, 0.2) is 18.2 Å². The maximum absolute atomic E-state index is 12.9. The molecule has 2 nitrogen and oxygen atoms in total. The van der Waals surface area contributed by atoms with Crippen LogP contribution in [0.4, 0.5) is 10.1 Å². The molecule has 0 heterocycles. The molecule has 1 aromatic rings. The minimum atomic E-state index is -0.589. The second kappa shape index (κ2) is 3.23. The van der Waals surface area contributed by atoms with Crippen molar-refractivity contribution in [3.05, 3.63) is 24.0 Å². The number of rotatable bonds is 2. The summed E-state index contributed by atoms with van der Waals surface area (Å²) in [6, 6.07) is 4.49. The topological polar surface area (TPSA) is 33.0 Å². The molecule has 0 aliphatic rings. The van der Waals surface area contributed by atoms with Crippen LogP contribution >= 0.6 is 0 Å². The summed E-state index contributed by atoms with van der Waals surface area (Å²) < 4.78 is 17.8. The monoisotopic (exact) mass is 154 g/mol. The Morgan fingerprint density at radius 3 is 2.91 bits per heavy atom. The summed E-state index contributed by atoms with van der Waals surface area (Å²) in [6.07, 6.45) is 0. The molecule has 0 spiro atoms. The van der Waals surface area contributed by atoms with Crippen LogP contribution in [0.3, 0.4) is 0 Å². The van der Waals surface area contributed by atoms with E-state index in [4.69, 9.17) is 10.5 Å². The molecule has 0 unspecified atom stereocenters. The molecule has 0 aliphatic carbocycles. The molecule has 0 fully saturated rings. The number of hydrogen-bond donors (Lipinski definition) is 0. The minimum Gasteiger partial charge on any atom is -0.491 e. The van der Waals surface area contributed by atoms with Gasteiger partial charge in [-0.2, -0.15) is 0 Å². The molecule has 0 aliphatic heterocycles. The van der Waals surface area contributed by atoms with Gasteiger partial charge in [-0.15, -0.1) is 0 Å². The number of hydrogen-bond acceptors (Lipinski definition) is 1. The molecule has 1 aromatic carbocycles. The molecule has 1 radical (unpaired) electrons. The largest absolute Gasteiger partial charge is 0.491 e. The molecular formula is C8H9FNO. The summed E-state index contributed by atoms with van der Waals surface area (Å²) in [5.41, 5.74) is 6.96. The smallest absolute Gasteiger partial charge is 0.189 e. The van der Waals surface area contributed by atoms with Gasteiger partial charge in [0, 0.05) is 0 Å². The summed E-state index contributed by atoms with van der Waals surface area (Å²) >= 11 is 0. The lowest BCUT2D eigenvalue weighted by atomic mass is 10.3. The molecule has 0 bridgehead atoms. The van der Waals surface area contributed by atoms with Crippen molar-refractivity contribution in [2.75, 3.05) is 6.61 Å². The zero-order chi connectivity index (χ0) is 8.27. The van der Waals surface area contributed by atoms with Gasteiger partial charge >= 0.3 is 0 Å². The van der Waals surface area contributed by atoms with Gasteiger partial charge in [0.2, 0.25) is 0 Å². The molecule has 0 aromatic heterocycles. The van der Waals surface area contributed by atoms with Gasteiger partial charge in [-0.1, -0.05) is 6.07 Å². The molecule has 0 saturated heterocycles. The van der Waals surface area contributed by atoms with E-state index in [1.807, 2.05) is 0 Å². The van der Waals surface area contributed by atoms with Crippen molar-refractivity contribution in [2.45, 2.75) is 6.92 Å². The second-order valence-electron chi connectivity index (χ2n) is 2.05. The van der Waals surface area contributed by atoms with Crippen LogP contribution in [0, 0.1) is 5.82 Å². The van der Waals surface area contributed by atoms with E-state index >= 15 is 0 Å². The van der Waals surface area contributed by atoms with Crippen LogP contribution in [0.1, 0.15) is 6.92 Å². The first-order valence-electron chi connectivity index (χ1n) is 3.38. The SMILES string of the molecule is CCOc1cccc([NH])c1F. The van der Waals surface area contributed by atoms with Gasteiger partial charge in [-0.05, 0) is 19.1 Å². The van der Waals surface area contributed by atoms with Crippen LogP contribution in [-0.2, 0) is 0 Å². The fourth-order valence-corrected chi connectivity index (χ4v) is 0.778. The molecule has 59 valence electrons.